The lowest BCUT2D eigenvalue weighted by Crippen LogP contribution is -2.28. The number of rotatable bonds is 5. The molecule has 0 radical (unpaired) electrons. The zero-order valence-corrected chi connectivity index (χ0v) is 13.6. The monoisotopic (exact) mass is 291 g/mol. The van der Waals surface area contributed by atoms with Crippen LogP contribution in [-0.2, 0) is 0 Å². The minimum absolute atomic E-state index is 0.344. The molecule has 1 aliphatic rings. The number of nitrogens with one attached hydrogen (secondary N) is 1. The van der Waals surface area contributed by atoms with Crippen molar-refractivity contribution in [1.29, 1.82) is 0 Å². The summed E-state index contributed by atoms with van der Waals surface area (Å²) in [4.78, 5) is 6.91. The van der Waals surface area contributed by atoms with Crippen molar-refractivity contribution in [3.8, 4) is 0 Å². The van der Waals surface area contributed by atoms with E-state index < -0.39 is 5.60 Å². The first-order valence-electron chi connectivity index (χ1n) is 8.18. The summed E-state index contributed by atoms with van der Waals surface area (Å²) in [7, 11) is 0. The molecule has 1 saturated heterocycles. The van der Waals surface area contributed by atoms with Gasteiger partial charge in [0.05, 0.1) is 5.60 Å². The van der Waals surface area contributed by atoms with E-state index in [2.05, 4.69) is 41.2 Å². The summed E-state index contributed by atoms with van der Waals surface area (Å²) in [6, 6.07) is 4.62. The summed E-state index contributed by atoms with van der Waals surface area (Å²) in [5, 5.41) is 13.6. The Morgan fingerprint density at radius 3 is 2.86 bits per heavy atom. The number of pyridine rings is 1. The van der Waals surface area contributed by atoms with Gasteiger partial charge < -0.3 is 15.3 Å². The van der Waals surface area contributed by atoms with Gasteiger partial charge in [0.15, 0.2) is 0 Å². The molecule has 0 aromatic carbocycles. The largest absolute Gasteiger partial charge is 0.390 e. The van der Waals surface area contributed by atoms with E-state index >= 15 is 0 Å². The van der Waals surface area contributed by atoms with Crippen LogP contribution in [0.5, 0.6) is 0 Å². The third kappa shape index (κ3) is 4.68. The average Bonchev–Trinajstić information content (AvgIpc) is 2.66. The molecule has 0 saturated carbocycles. The minimum Gasteiger partial charge on any atom is -0.390 e. The average molecular weight is 291 g/mol. The molecule has 118 valence electrons. The number of nitrogens with zero attached hydrogens (tertiary/aromatic N) is 2. The summed E-state index contributed by atoms with van der Waals surface area (Å²) >= 11 is 0. The minimum atomic E-state index is -0.521. The maximum absolute atomic E-state index is 10.2. The van der Waals surface area contributed by atoms with Crippen molar-refractivity contribution in [2.24, 2.45) is 0 Å². The smallest absolute Gasteiger partial charge is 0.128 e. The van der Waals surface area contributed by atoms with Crippen LogP contribution in [0.2, 0.25) is 0 Å². The highest BCUT2D eigenvalue weighted by Gasteiger charge is 2.25. The van der Waals surface area contributed by atoms with Crippen LogP contribution in [0.1, 0.15) is 58.1 Å². The van der Waals surface area contributed by atoms with Crippen molar-refractivity contribution < 1.29 is 5.11 Å². The molecular weight excluding hydrogens is 262 g/mol. The molecule has 2 heterocycles. The normalized spacial score (nSPS) is 24.7. The van der Waals surface area contributed by atoms with Gasteiger partial charge in [0.2, 0.25) is 0 Å². The van der Waals surface area contributed by atoms with E-state index in [1.165, 1.54) is 5.56 Å². The van der Waals surface area contributed by atoms with Crippen LogP contribution in [0.4, 0.5) is 5.82 Å². The van der Waals surface area contributed by atoms with Crippen molar-refractivity contribution in [2.45, 2.75) is 58.1 Å². The van der Waals surface area contributed by atoms with E-state index in [4.69, 9.17) is 0 Å². The maximum Gasteiger partial charge on any atom is 0.128 e. The summed E-state index contributed by atoms with van der Waals surface area (Å²) in [5.74, 6) is 1.03. The van der Waals surface area contributed by atoms with E-state index in [1.807, 2.05) is 13.1 Å². The fourth-order valence-corrected chi connectivity index (χ4v) is 2.81. The molecule has 2 N–H and O–H groups in total. The first-order valence-corrected chi connectivity index (χ1v) is 8.18. The van der Waals surface area contributed by atoms with Gasteiger partial charge in [-0.25, -0.2) is 4.98 Å². The van der Waals surface area contributed by atoms with Gasteiger partial charge in [0.25, 0.3) is 0 Å². The molecule has 0 bridgehead atoms. The Morgan fingerprint density at radius 1 is 1.38 bits per heavy atom. The molecule has 0 spiro atoms. The van der Waals surface area contributed by atoms with Gasteiger partial charge in [-0.2, -0.15) is 0 Å². The molecule has 4 nitrogen and oxygen atoms in total. The maximum atomic E-state index is 10.2. The molecule has 21 heavy (non-hydrogen) atoms. The van der Waals surface area contributed by atoms with Crippen LogP contribution >= 0.6 is 0 Å². The molecule has 0 aliphatic carbocycles. The summed E-state index contributed by atoms with van der Waals surface area (Å²) in [6.45, 7) is 9.18. The number of hydrogen-bond acceptors (Lipinski definition) is 4. The van der Waals surface area contributed by atoms with E-state index in [0.29, 0.717) is 6.04 Å². The summed E-state index contributed by atoms with van der Waals surface area (Å²) in [6.07, 6.45) is 5.82. The Balaban J connectivity index is 1.98. The van der Waals surface area contributed by atoms with Gasteiger partial charge in [-0.1, -0.05) is 13.0 Å². The lowest BCUT2D eigenvalue weighted by molar-refractivity contribution is 0.0481. The van der Waals surface area contributed by atoms with Crippen LogP contribution < -0.4 is 10.2 Å². The number of aromatic nitrogens is 1. The second kappa shape index (κ2) is 7.23. The van der Waals surface area contributed by atoms with Crippen LogP contribution in [0.15, 0.2) is 18.3 Å². The molecular formula is C17H29N3O. The molecule has 2 unspecified atom stereocenters. The number of aliphatic hydroxyl groups is 1. The van der Waals surface area contributed by atoms with Gasteiger partial charge in [-0.05, 0) is 57.7 Å². The summed E-state index contributed by atoms with van der Waals surface area (Å²) < 4.78 is 0. The van der Waals surface area contributed by atoms with Crippen LogP contribution in [-0.4, -0.2) is 35.3 Å². The Bertz CT molecular complexity index is 430. The molecule has 4 heteroatoms. The van der Waals surface area contributed by atoms with Crippen molar-refractivity contribution in [2.75, 3.05) is 24.5 Å². The second-order valence-electron chi connectivity index (χ2n) is 6.46. The van der Waals surface area contributed by atoms with E-state index in [1.54, 1.807) is 0 Å². The molecule has 0 amide bonds. The highest BCUT2D eigenvalue weighted by atomic mass is 16.3. The van der Waals surface area contributed by atoms with Crippen LogP contribution in [0, 0.1) is 0 Å². The van der Waals surface area contributed by atoms with Crippen molar-refractivity contribution >= 4 is 5.82 Å². The molecule has 1 fully saturated rings. The highest BCUT2D eigenvalue weighted by molar-refractivity contribution is 5.40. The number of anilines is 1. The third-order valence-electron chi connectivity index (χ3n) is 4.36. The van der Waals surface area contributed by atoms with E-state index in [-0.39, 0.29) is 0 Å². The van der Waals surface area contributed by atoms with Gasteiger partial charge in [-0.3, -0.25) is 0 Å². The Hall–Kier alpha value is -1.13. The highest BCUT2D eigenvalue weighted by Crippen LogP contribution is 2.24. The Labute approximate surface area is 128 Å². The zero-order chi connectivity index (χ0) is 15.3. The molecule has 1 aromatic rings. The lowest BCUT2D eigenvalue weighted by Gasteiger charge is -2.24. The van der Waals surface area contributed by atoms with Gasteiger partial charge >= 0.3 is 0 Å². The number of hydrogen-bond donors (Lipinski definition) is 2. The molecule has 2 rings (SSSR count). The quantitative estimate of drug-likeness (QED) is 0.876. The van der Waals surface area contributed by atoms with E-state index in [9.17, 15) is 5.11 Å². The predicted octanol–water partition coefficient (Wildman–Crippen LogP) is 2.88. The first-order chi connectivity index (χ1) is 10.0. The van der Waals surface area contributed by atoms with Crippen molar-refractivity contribution in [1.82, 2.24) is 10.3 Å². The van der Waals surface area contributed by atoms with Gasteiger partial charge in [-0.15, -0.1) is 0 Å². The predicted molar refractivity (Wildman–Crippen MR) is 87.6 cm³/mol. The Morgan fingerprint density at radius 2 is 2.19 bits per heavy atom. The van der Waals surface area contributed by atoms with Crippen molar-refractivity contribution in [3.05, 3.63) is 23.9 Å². The SMILES string of the molecule is CCCNC(C)c1ccc(N2CCCC(C)(O)CC2)nc1. The lowest BCUT2D eigenvalue weighted by atomic mass is 9.98. The van der Waals surface area contributed by atoms with Gasteiger partial charge in [0, 0.05) is 25.3 Å². The van der Waals surface area contributed by atoms with E-state index in [0.717, 1.165) is 51.1 Å². The van der Waals surface area contributed by atoms with Crippen LogP contribution in [0.3, 0.4) is 0 Å². The van der Waals surface area contributed by atoms with Crippen molar-refractivity contribution in [3.63, 3.8) is 0 Å². The van der Waals surface area contributed by atoms with Gasteiger partial charge in [0.1, 0.15) is 5.82 Å². The summed E-state index contributed by atoms with van der Waals surface area (Å²) in [5.41, 5.74) is 0.710. The second-order valence-corrected chi connectivity index (χ2v) is 6.46. The molecule has 1 aliphatic heterocycles. The fraction of sp³-hybridized carbons (Fsp3) is 0.706. The third-order valence-corrected chi connectivity index (χ3v) is 4.36. The first kappa shape index (κ1) is 16.2. The van der Waals surface area contributed by atoms with Crippen LogP contribution in [0.25, 0.3) is 0 Å². The standard InChI is InChI=1S/C17H29N3O/c1-4-10-18-14(2)15-6-7-16(19-13-15)20-11-5-8-17(3,21)9-12-20/h6-7,13-14,18,21H,4-5,8-12H2,1-3H3. The Kier molecular flexibility index (Phi) is 5.59. The zero-order valence-electron chi connectivity index (χ0n) is 13.6. The molecule has 1 aromatic heterocycles. The molecule has 2 atom stereocenters. The topological polar surface area (TPSA) is 48.4 Å². The fourth-order valence-electron chi connectivity index (χ4n) is 2.81.